The smallest absolute Gasteiger partial charge is 0.136 e. The number of aromatic nitrogens is 2. The minimum atomic E-state index is 0.171. The number of rotatable bonds is 3. The zero-order valence-electron chi connectivity index (χ0n) is 16.0. The van der Waals surface area contributed by atoms with Gasteiger partial charge in [-0.25, -0.2) is 9.97 Å². The topological polar surface area (TPSA) is 41.1 Å². The second-order valence-corrected chi connectivity index (χ2v) is 8.01. The summed E-state index contributed by atoms with van der Waals surface area (Å²) in [6.45, 7) is 10.9. The Morgan fingerprint density at radius 3 is 2.16 bits per heavy atom. The first-order valence-corrected chi connectivity index (χ1v) is 9.40. The summed E-state index contributed by atoms with van der Waals surface area (Å²) in [7, 11) is 0. The van der Waals surface area contributed by atoms with Crippen molar-refractivity contribution in [2.75, 3.05) is 23.3 Å². The molecule has 0 radical (unpaired) electrons. The summed E-state index contributed by atoms with van der Waals surface area (Å²) in [5.74, 6) is 2.73. The molecule has 1 aliphatic heterocycles. The van der Waals surface area contributed by atoms with Crippen LogP contribution in [0.15, 0.2) is 30.3 Å². The van der Waals surface area contributed by atoms with E-state index in [2.05, 4.69) is 71.3 Å². The molecule has 0 unspecified atom stereocenters. The van der Waals surface area contributed by atoms with Crippen LogP contribution < -0.4 is 10.2 Å². The van der Waals surface area contributed by atoms with Crippen molar-refractivity contribution in [3.63, 3.8) is 0 Å². The van der Waals surface area contributed by atoms with Crippen LogP contribution in [0.25, 0.3) is 0 Å². The summed E-state index contributed by atoms with van der Waals surface area (Å²) in [5.41, 5.74) is 2.57. The highest BCUT2D eigenvalue weighted by atomic mass is 15.2. The van der Waals surface area contributed by atoms with Crippen LogP contribution in [0.4, 0.5) is 17.3 Å². The predicted octanol–water partition coefficient (Wildman–Crippen LogP) is 5.21. The minimum Gasteiger partial charge on any atom is -0.356 e. The van der Waals surface area contributed by atoms with E-state index in [1.165, 1.54) is 31.2 Å². The summed E-state index contributed by atoms with van der Waals surface area (Å²) in [4.78, 5) is 11.6. The van der Waals surface area contributed by atoms with Crippen molar-refractivity contribution >= 4 is 17.3 Å². The summed E-state index contributed by atoms with van der Waals surface area (Å²) in [6.07, 6.45) is 5.15. The van der Waals surface area contributed by atoms with Crippen molar-refractivity contribution in [2.24, 2.45) is 0 Å². The molecule has 4 heteroatoms. The maximum atomic E-state index is 4.66. The quantitative estimate of drug-likeness (QED) is 0.834. The Bertz CT molecular complexity index is 693. The Morgan fingerprint density at radius 1 is 0.920 bits per heavy atom. The zero-order valence-corrected chi connectivity index (χ0v) is 16.0. The lowest BCUT2D eigenvalue weighted by Crippen LogP contribution is -2.25. The van der Waals surface area contributed by atoms with Gasteiger partial charge in [0.25, 0.3) is 0 Å². The number of anilines is 3. The van der Waals surface area contributed by atoms with E-state index in [0.717, 1.165) is 36.2 Å². The second kappa shape index (κ2) is 7.42. The lowest BCUT2D eigenvalue weighted by Gasteiger charge is -2.22. The third-order valence-corrected chi connectivity index (χ3v) is 4.78. The van der Waals surface area contributed by atoms with Gasteiger partial charge in [0.2, 0.25) is 0 Å². The molecule has 25 heavy (non-hydrogen) atoms. The van der Waals surface area contributed by atoms with Gasteiger partial charge < -0.3 is 10.2 Å². The van der Waals surface area contributed by atoms with Gasteiger partial charge in [-0.1, -0.05) is 45.7 Å². The highest BCUT2D eigenvalue weighted by molar-refractivity contribution is 5.60. The van der Waals surface area contributed by atoms with Gasteiger partial charge in [-0.15, -0.1) is 0 Å². The van der Waals surface area contributed by atoms with Gasteiger partial charge in [0.1, 0.15) is 17.5 Å². The highest BCUT2D eigenvalue weighted by Gasteiger charge is 2.14. The molecule has 3 rings (SSSR count). The van der Waals surface area contributed by atoms with Crippen LogP contribution in [0.3, 0.4) is 0 Å². The largest absolute Gasteiger partial charge is 0.356 e. The Balaban J connectivity index is 1.78. The Hall–Kier alpha value is -2.10. The summed E-state index contributed by atoms with van der Waals surface area (Å²) < 4.78 is 0. The monoisotopic (exact) mass is 338 g/mol. The molecule has 0 atom stereocenters. The van der Waals surface area contributed by atoms with E-state index in [9.17, 15) is 0 Å². The van der Waals surface area contributed by atoms with Crippen molar-refractivity contribution in [1.29, 1.82) is 0 Å². The molecule has 0 aliphatic carbocycles. The van der Waals surface area contributed by atoms with Gasteiger partial charge in [0.05, 0.1) is 0 Å². The number of nitrogens with one attached hydrogen (secondary N) is 1. The lowest BCUT2D eigenvalue weighted by atomic mass is 9.87. The molecular formula is C21H30N4. The van der Waals surface area contributed by atoms with Gasteiger partial charge in [-0.05, 0) is 42.9 Å². The van der Waals surface area contributed by atoms with Gasteiger partial charge >= 0.3 is 0 Å². The first kappa shape index (κ1) is 17.7. The van der Waals surface area contributed by atoms with E-state index in [4.69, 9.17) is 0 Å². The number of hydrogen-bond acceptors (Lipinski definition) is 4. The highest BCUT2D eigenvalue weighted by Crippen LogP contribution is 2.26. The molecular weight excluding hydrogens is 308 g/mol. The first-order chi connectivity index (χ1) is 11.9. The van der Waals surface area contributed by atoms with Gasteiger partial charge in [0, 0.05) is 24.8 Å². The van der Waals surface area contributed by atoms with Crippen molar-refractivity contribution in [3.05, 3.63) is 41.7 Å². The molecule has 0 spiro atoms. The van der Waals surface area contributed by atoms with Crippen LogP contribution in [0, 0.1) is 6.92 Å². The van der Waals surface area contributed by atoms with Crippen LogP contribution in [0.5, 0.6) is 0 Å². The second-order valence-electron chi connectivity index (χ2n) is 8.01. The molecule has 1 fully saturated rings. The SMILES string of the molecule is Cc1nc(Nc2ccc(C(C)(C)C)cc2)cc(N2CCCCCC2)n1. The molecule has 1 N–H and O–H groups in total. The van der Waals surface area contributed by atoms with E-state index in [1.54, 1.807) is 0 Å². The average Bonchev–Trinajstić information content (AvgIpc) is 2.83. The van der Waals surface area contributed by atoms with Crippen molar-refractivity contribution in [3.8, 4) is 0 Å². The molecule has 2 aromatic rings. The summed E-state index contributed by atoms with van der Waals surface area (Å²) in [6, 6.07) is 10.7. The Labute approximate surface area is 151 Å². The third kappa shape index (κ3) is 4.71. The van der Waals surface area contributed by atoms with Crippen LogP contribution in [-0.4, -0.2) is 23.1 Å². The van der Waals surface area contributed by atoms with Crippen molar-refractivity contribution in [2.45, 2.75) is 58.8 Å². The average molecular weight is 338 g/mol. The van der Waals surface area contributed by atoms with Crippen molar-refractivity contribution < 1.29 is 0 Å². The van der Waals surface area contributed by atoms with E-state index in [1.807, 2.05) is 6.92 Å². The maximum Gasteiger partial charge on any atom is 0.136 e. The Morgan fingerprint density at radius 2 is 1.56 bits per heavy atom. The fraction of sp³-hybridized carbons (Fsp3) is 0.524. The van der Waals surface area contributed by atoms with E-state index in [0.29, 0.717) is 0 Å². The molecule has 0 saturated carbocycles. The van der Waals surface area contributed by atoms with Gasteiger partial charge in [0.15, 0.2) is 0 Å². The fourth-order valence-electron chi connectivity index (χ4n) is 3.28. The predicted molar refractivity (Wildman–Crippen MR) is 106 cm³/mol. The van der Waals surface area contributed by atoms with Crippen LogP contribution >= 0.6 is 0 Å². The molecule has 0 bridgehead atoms. The minimum absolute atomic E-state index is 0.171. The van der Waals surface area contributed by atoms with E-state index < -0.39 is 0 Å². The molecule has 1 saturated heterocycles. The van der Waals surface area contributed by atoms with Crippen molar-refractivity contribution in [1.82, 2.24) is 9.97 Å². The standard InChI is InChI=1S/C21H30N4/c1-16-22-19(15-20(23-16)25-13-7-5-6-8-14-25)24-18-11-9-17(10-12-18)21(2,3)4/h9-12,15H,5-8,13-14H2,1-4H3,(H,22,23,24). The molecule has 1 aromatic carbocycles. The number of benzene rings is 1. The molecule has 134 valence electrons. The normalized spacial score (nSPS) is 15.8. The molecule has 2 heterocycles. The first-order valence-electron chi connectivity index (χ1n) is 9.40. The van der Waals surface area contributed by atoms with Gasteiger partial charge in [-0.3, -0.25) is 0 Å². The maximum absolute atomic E-state index is 4.66. The molecule has 4 nitrogen and oxygen atoms in total. The van der Waals surface area contributed by atoms with Crippen LogP contribution in [0.2, 0.25) is 0 Å². The zero-order chi connectivity index (χ0) is 17.9. The van der Waals surface area contributed by atoms with Crippen LogP contribution in [0.1, 0.15) is 57.8 Å². The lowest BCUT2D eigenvalue weighted by molar-refractivity contribution is 0.590. The van der Waals surface area contributed by atoms with Crippen LogP contribution in [-0.2, 0) is 5.41 Å². The van der Waals surface area contributed by atoms with E-state index >= 15 is 0 Å². The third-order valence-electron chi connectivity index (χ3n) is 4.78. The number of nitrogens with zero attached hydrogens (tertiary/aromatic N) is 3. The molecule has 1 aromatic heterocycles. The Kier molecular flexibility index (Phi) is 5.26. The van der Waals surface area contributed by atoms with E-state index in [-0.39, 0.29) is 5.41 Å². The number of hydrogen-bond donors (Lipinski definition) is 1. The molecule has 0 amide bonds. The molecule has 1 aliphatic rings. The number of aryl methyl sites for hydroxylation is 1. The fourth-order valence-corrected chi connectivity index (χ4v) is 3.28. The summed E-state index contributed by atoms with van der Waals surface area (Å²) in [5, 5.41) is 3.44. The van der Waals surface area contributed by atoms with Gasteiger partial charge in [-0.2, -0.15) is 0 Å². The summed E-state index contributed by atoms with van der Waals surface area (Å²) >= 11 is 0.